The first-order chi connectivity index (χ1) is 29.0. The van der Waals surface area contributed by atoms with E-state index >= 15 is 0 Å². The lowest BCUT2D eigenvalue weighted by atomic mass is 9.78. The monoisotopic (exact) mass is 918 g/mol. The van der Waals surface area contributed by atoms with Crippen molar-refractivity contribution in [2.45, 2.75) is 126 Å². The van der Waals surface area contributed by atoms with Gasteiger partial charge < -0.3 is 28.4 Å². The van der Waals surface area contributed by atoms with Crippen molar-refractivity contribution >= 4 is 75.2 Å². The number of thiocarbonyl (C=S) groups is 1. The highest BCUT2D eigenvalue weighted by Crippen LogP contribution is 2.42. The molecule has 2 saturated heterocycles. The lowest BCUT2D eigenvalue weighted by molar-refractivity contribution is -0.338. The third-order valence-electron chi connectivity index (χ3n) is 12.7. The van der Waals surface area contributed by atoms with E-state index in [1.807, 2.05) is 24.3 Å². The molecular weight excluding hydrogens is 853 g/mol. The average molecular weight is 919 g/mol. The standard InChI is InChI=1S/C47H66O10S4/c1-11-39-31(6)29(4)33(8)43(55-39)57-44-34(9)30(5)32(7)40(56-44)26-59-27-53-45(51)47(10,21-28(3)42(50)54-38-19-17-35(23-48)18-20-38)22-41(49)52-24-36-15-13-14-16-37(36)25-61-46(58)60-12-2/h13-20,23,28-34,39-40,43-44H,11-12,21-22,24-27H2,1-10H3/t28?,29-,30-,31-,32-,33+,34+,39+,40?,43+,44+,47?/m0/s1. The van der Waals surface area contributed by atoms with E-state index in [1.165, 1.54) is 23.9 Å². The summed E-state index contributed by atoms with van der Waals surface area (Å²) < 4.78 is 37.8. The van der Waals surface area contributed by atoms with Crippen LogP contribution in [0.4, 0.5) is 0 Å². The van der Waals surface area contributed by atoms with E-state index < -0.39 is 35.5 Å². The van der Waals surface area contributed by atoms with Crippen LogP contribution in [0.5, 0.6) is 5.75 Å². The summed E-state index contributed by atoms with van der Waals surface area (Å²) in [7, 11) is 0. The average Bonchev–Trinajstić information content (AvgIpc) is 3.24. The molecule has 2 aromatic rings. The molecule has 0 aliphatic carbocycles. The minimum atomic E-state index is -1.42. The Morgan fingerprint density at radius 3 is 2.03 bits per heavy atom. The van der Waals surface area contributed by atoms with Gasteiger partial charge >= 0.3 is 17.9 Å². The third-order valence-corrected chi connectivity index (χ3v) is 16.2. The van der Waals surface area contributed by atoms with Crippen LogP contribution in [0.3, 0.4) is 0 Å². The number of ether oxygens (including phenoxy) is 6. The van der Waals surface area contributed by atoms with Gasteiger partial charge in [0.05, 0.1) is 30.0 Å². The molecule has 0 spiro atoms. The highest BCUT2D eigenvalue weighted by Gasteiger charge is 2.45. The molecule has 61 heavy (non-hydrogen) atoms. The van der Waals surface area contributed by atoms with Gasteiger partial charge in [-0.3, -0.25) is 19.2 Å². The SMILES string of the molecule is CCSC(=S)SCc1ccccc1COC(=O)CC(C)(CC(C)C(=O)Oc1ccc(C=O)cc1)C(=O)OCSCC1O[C@H](O[C@H]2O[C@H](CC)[C@@H](C)[C@H](C)[C@H]2C)[C@H](C)[C@@H](C)[C@@H]1C. The zero-order chi connectivity index (χ0) is 44.9. The van der Waals surface area contributed by atoms with Crippen molar-refractivity contribution < 1.29 is 47.6 Å². The fourth-order valence-electron chi connectivity index (χ4n) is 7.99. The Labute approximate surface area is 381 Å². The number of hydrogen-bond donors (Lipinski definition) is 0. The van der Waals surface area contributed by atoms with Crippen LogP contribution >= 0.6 is 47.5 Å². The Morgan fingerprint density at radius 2 is 1.43 bits per heavy atom. The van der Waals surface area contributed by atoms with Crippen LogP contribution < -0.4 is 4.74 Å². The fraction of sp³-hybridized carbons (Fsp3) is 0.638. The quantitative estimate of drug-likeness (QED) is 0.0312. The molecule has 0 N–H and O–H groups in total. The molecule has 12 atom stereocenters. The van der Waals surface area contributed by atoms with Gasteiger partial charge in [0, 0.05) is 28.9 Å². The first-order valence-electron chi connectivity index (χ1n) is 21.5. The topological polar surface area (TPSA) is 124 Å². The maximum absolute atomic E-state index is 14.0. The minimum absolute atomic E-state index is 0.0169. The van der Waals surface area contributed by atoms with Crippen LogP contribution in [0.2, 0.25) is 0 Å². The Kier molecular flexibility index (Phi) is 20.6. The van der Waals surface area contributed by atoms with Crippen molar-refractivity contribution in [2.24, 2.45) is 46.8 Å². The lowest BCUT2D eigenvalue weighted by Gasteiger charge is -2.48. The van der Waals surface area contributed by atoms with Crippen molar-refractivity contribution in [2.75, 3.05) is 17.4 Å². The zero-order valence-electron chi connectivity index (χ0n) is 37.4. The van der Waals surface area contributed by atoms with E-state index in [1.54, 1.807) is 49.5 Å². The molecule has 0 saturated carbocycles. The van der Waals surface area contributed by atoms with Crippen LogP contribution in [0, 0.1) is 46.8 Å². The predicted molar refractivity (Wildman–Crippen MR) is 249 cm³/mol. The first kappa shape index (κ1) is 51.2. The van der Waals surface area contributed by atoms with Crippen LogP contribution in [-0.2, 0) is 50.4 Å². The zero-order valence-corrected chi connectivity index (χ0v) is 40.7. The van der Waals surface area contributed by atoms with E-state index in [4.69, 9.17) is 40.6 Å². The van der Waals surface area contributed by atoms with Crippen LogP contribution in [0.15, 0.2) is 48.5 Å². The summed E-state index contributed by atoms with van der Waals surface area (Å²) in [4.78, 5) is 52.0. The van der Waals surface area contributed by atoms with Crippen LogP contribution in [0.25, 0.3) is 0 Å². The molecule has 0 radical (unpaired) electrons. The molecule has 10 nitrogen and oxygen atoms in total. The van der Waals surface area contributed by atoms with Crippen molar-refractivity contribution in [3.63, 3.8) is 0 Å². The summed E-state index contributed by atoms with van der Waals surface area (Å²) in [6.45, 7) is 20.8. The van der Waals surface area contributed by atoms with Gasteiger partial charge in [0.25, 0.3) is 0 Å². The number of esters is 3. The van der Waals surface area contributed by atoms with Crippen LogP contribution in [-0.4, -0.2) is 70.0 Å². The third kappa shape index (κ3) is 14.5. The normalized spacial score (nSPS) is 27.9. The maximum atomic E-state index is 14.0. The molecule has 2 heterocycles. The van der Waals surface area contributed by atoms with Gasteiger partial charge in [0.15, 0.2) is 12.6 Å². The summed E-state index contributed by atoms with van der Waals surface area (Å²) >= 11 is 10.1. The highest BCUT2D eigenvalue weighted by atomic mass is 32.2. The lowest BCUT2D eigenvalue weighted by Crippen LogP contribution is -2.52. The van der Waals surface area contributed by atoms with E-state index in [9.17, 15) is 19.2 Å². The number of hydrogen-bond acceptors (Lipinski definition) is 14. The number of thioether (sulfide) groups is 3. The molecule has 2 aromatic carbocycles. The van der Waals surface area contributed by atoms with Gasteiger partial charge in [-0.2, -0.15) is 0 Å². The van der Waals surface area contributed by atoms with E-state index in [2.05, 4.69) is 55.4 Å². The maximum Gasteiger partial charge on any atom is 0.314 e. The molecular formula is C47H66O10S4. The van der Waals surface area contributed by atoms with Crippen molar-refractivity contribution in [3.05, 3.63) is 65.2 Å². The number of benzene rings is 2. The van der Waals surface area contributed by atoms with Crippen molar-refractivity contribution in [1.82, 2.24) is 0 Å². The minimum Gasteiger partial charge on any atom is -0.461 e. The molecule has 14 heteroatoms. The molecule has 3 unspecified atom stereocenters. The Morgan fingerprint density at radius 1 is 0.820 bits per heavy atom. The molecule has 4 rings (SSSR count). The second-order valence-electron chi connectivity index (χ2n) is 17.1. The Balaban J connectivity index is 1.40. The van der Waals surface area contributed by atoms with E-state index in [0.717, 1.165) is 26.8 Å². The number of carbonyl (C=O) groups excluding carboxylic acids is 4. The van der Waals surface area contributed by atoms with Gasteiger partial charge in [-0.05, 0) is 84.6 Å². The summed E-state index contributed by atoms with van der Waals surface area (Å²) in [6.07, 6.45) is 0.462. The molecule has 2 aliphatic rings. The highest BCUT2D eigenvalue weighted by molar-refractivity contribution is 8.46. The summed E-state index contributed by atoms with van der Waals surface area (Å²) in [5.41, 5.74) is 0.867. The van der Waals surface area contributed by atoms with E-state index in [-0.39, 0.29) is 67.4 Å². The second kappa shape index (κ2) is 24.6. The van der Waals surface area contributed by atoms with Gasteiger partial charge in [0.1, 0.15) is 28.1 Å². The number of rotatable bonds is 20. The van der Waals surface area contributed by atoms with Crippen LogP contribution in [0.1, 0.15) is 110 Å². The van der Waals surface area contributed by atoms with Gasteiger partial charge in [-0.25, -0.2) is 0 Å². The Hall–Kier alpha value is -2.46. The molecule has 0 bridgehead atoms. The van der Waals surface area contributed by atoms with Gasteiger partial charge in [-0.1, -0.05) is 98.8 Å². The molecule has 0 aromatic heterocycles. The number of carbonyl (C=O) groups is 4. The molecule has 2 fully saturated rings. The Bertz CT molecular complexity index is 1760. The smallest absolute Gasteiger partial charge is 0.314 e. The molecule has 338 valence electrons. The number of aldehydes is 1. The second-order valence-corrected chi connectivity index (χ2v) is 21.5. The van der Waals surface area contributed by atoms with E-state index in [0.29, 0.717) is 41.1 Å². The van der Waals surface area contributed by atoms with Crippen molar-refractivity contribution in [3.8, 4) is 5.75 Å². The largest absolute Gasteiger partial charge is 0.461 e. The summed E-state index contributed by atoms with van der Waals surface area (Å²) in [6, 6.07) is 13.9. The molecule has 2 aliphatic heterocycles. The van der Waals surface area contributed by atoms with Gasteiger partial charge in [-0.15, -0.1) is 35.3 Å². The predicted octanol–water partition coefficient (Wildman–Crippen LogP) is 10.8. The summed E-state index contributed by atoms with van der Waals surface area (Å²) in [5.74, 6) is 1.58. The fourth-order valence-corrected chi connectivity index (χ4v) is 11.1. The first-order valence-corrected chi connectivity index (χ1v) is 25.0. The van der Waals surface area contributed by atoms with Gasteiger partial charge in [0.2, 0.25) is 0 Å². The summed E-state index contributed by atoms with van der Waals surface area (Å²) in [5, 5.41) is 0. The molecule has 0 amide bonds. The van der Waals surface area contributed by atoms with Crippen molar-refractivity contribution in [1.29, 1.82) is 0 Å².